The van der Waals surface area contributed by atoms with Gasteiger partial charge in [0.15, 0.2) is 0 Å². The Morgan fingerprint density at radius 3 is 2.39 bits per heavy atom. The molecule has 23 heavy (non-hydrogen) atoms. The van der Waals surface area contributed by atoms with Crippen LogP contribution >= 0.6 is 27.7 Å². The van der Waals surface area contributed by atoms with Crippen molar-refractivity contribution in [2.24, 2.45) is 0 Å². The lowest BCUT2D eigenvalue weighted by atomic mass is 10.2. The Morgan fingerprint density at radius 2 is 1.78 bits per heavy atom. The Labute approximate surface area is 149 Å². The number of thioether (sulfide) groups is 1. The van der Waals surface area contributed by atoms with E-state index in [9.17, 15) is 8.42 Å². The van der Waals surface area contributed by atoms with Crippen LogP contribution in [-0.4, -0.2) is 30.8 Å². The van der Waals surface area contributed by atoms with E-state index in [4.69, 9.17) is 0 Å². The largest absolute Gasteiger partial charge is 0.249 e. The fourth-order valence-electron chi connectivity index (χ4n) is 2.42. The molecule has 0 aliphatic carbocycles. The molecule has 0 atom stereocenters. The van der Waals surface area contributed by atoms with Gasteiger partial charge in [0, 0.05) is 29.5 Å². The number of hydrogen-bond acceptors (Lipinski definition) is 4. The monoisotopic (exact) mass is 412 g/mol. The van der Waals surface area contributed by atoms with Crippen molar-refractivity contribution in [1.82, 2.24) is 9.29 Å². The third-order valence-electron chi connectivity index (χ3n) is 3.71. The van der Waals surface area contributed by atoms with Gasteiger partial charge in [-0.1, -0.05) is 28.1 Å². The molecule has 2 heterocycles. The molecule has 0 N–H and O–H groups in total. The summed E-state index contributed by atoms with van der Waals surface area (Å²) in [4.78, 5) is 4.58. The van der Waals surface area contributed by atoms with Crippen LogP contribution in [0.1, 0.15) is 18.4 Å². The summed E-state index contributed by atoms with van der Waals surface area (Å²) in [5.41, 5.74) is 1.20. The van der Waals surface area contributed by atoms with Gasteiger partial charge in [-0.2, -0.15) is 4.31 Å². The van der Waals surface area contributed by atoms with Crippen molar-refractivity contribution in [2.75, 3.05) is 13.1 Å². The first kappa shape index (κ1) is 17.0. The van der Waals surface area contributed by atoms with Gasteiger partial charge in [0.25, 0.3) is 0 Å². The Morgan fingerprint density at radius 1 is 1.09 bits per heavy atom. The molecule has 1 aliphatic rings. The van der Waals surface area contributed by atoms with E-state index in [-0.39, 0.29) is 4.90 Å². The number of halogens is 1. The minimum atomic E-state index is -3.37. The van der Waals surface area contributed by atoms with Crippen molar-refractivity contribution in [1.29, 1.82) is 0 Å². The molecule has 1 aromatic carbocycles. The summed E-state index contributed by atoms with van der Waals surface area (Å²) in [6, 6.07) is 11.6. The minimum Gasteiger partial charge on any atom is -0.249 e. The van der Waals surface area contributed by atoms with Crippen LogP contribution in [0.3, 0.4) is 0 Å². The van der Waals surface area contributed by atoms with Crippen LogP contribution in [0, 0.1) is 0 Å². The Hall–Kier alpha value is -0.890. The van der Waals surface area contributed by atoms with E-state index in [1.165, 1.54) is 11.8 Å². The van der Waals surface area contributed by atoms with Crippen LogP contribution in [0.15, 0.2) is 57.0 Å². The highest BCUT2D eigenvalue weighted by molar-refractivity contribution is 9.10. The first-order chi connectivity index (χ1) is 11.1. The maximum Gasteiger partial charge on any atom is 0.244 e. The molecule has 0 spiro atoms. The molecule has 7 heteroatoms. The number of rotatable bonds is 5. The van der Waals surface area contributed by atoms with E-state index >= 15 is 0 Å². The molecule has 2 aromatic rings. The molecule has 1 fully saturated rings. The Balaban J connectivity index is 1.66. The quantitative estimate of drug-likeness (QED) is 0.698. The molecule has 3 rings (SSSR count). The van der Waals surface area contributed by atoms with Crippen molar-refractivity contribution in [2.45, 2.75) is 28.5 Å². The van der Waals surface area contributed by atoms with Crippen molar-refractivity contribution in [3.8, 4) is 0 Å². The maximum absolute atomic E-state index is 12.4. The average Bonchev–Trinajstić information content (AvgIpc) is 3.10. The lowest BCUT2D eigenvalue weighted by Crippen LogP contribution is -2.27. The smallest absolute Gasteiger partial charge is 0.244 e. The summed E-state index contributed by atoms with van der Waals surface area (Å²) in [7, 11) is -3.37. The van der Waals surface area contributed by atoms with E-state index in [1.807, 2.05) is 12.1 Å². The van der Waals surface area contributed by atoms with Gasteiger partial charge in [-0.3, -0.25) is 0 Å². The lowest BCUT2D eigenvalue weighted by Gasteiger charge is -2.15. The first-order valence-electron chi connectivity index (χ1n) is 7.39. The van der Waals surface area contributed by atoms with Gasteiger partial charge >= 0.3 is 0 Å². The molecule has 0 radical (unpaired) electrons. The summed E-state index contributed by atoms with van der Waals surface area (Å²) in [5.74, 6) is 0.804. The highest BCUT2D eigenvalue weighted by atomic mass is 79.9. The van der Waals surface area contributed by atoms with Gasteiger partial charge in [0.2, 0.25) is 10.0 Å². The van der Waals surface area contributed by atoms with Crippen LogP contribution in [-0.2, 0) is 15.8 Å². The Kier molecular flexibility index (Phi) is 5.41. The van der Waals surface area contributed by atoms with Gasteiger partial charge in [-0.25, -0.2) is 13.4 Å². The Bertz CT molecular complexity index is 756. The normalized spacial score (nSPS) is 15.9. The molecule has 0 saturated carbocycles. The number of benzene rings is 1. The van der Waals surface area contributed by atoms with Crippen molar-refractivity contribution >= 4 is 37.7 Å². The highest BCUT2D eigenvalue weighted by Gasteiger charge is 2.27. The van der Waals surface area contributed by atoms with Crippen LogP contribution in [0.25, 0.3) is 0 Å². The zero-order valence-electron chi connectivity index (χ0n) is 12.5. The van der Waals surface area contributed by atoms with Crippen molar-refractivity contribution in [3.63, 3.8) is 0 Å². The molecule has 1 aromatic heterocycles. The number of pyridine rings is 1. The molecule has 1 aliphatic heterocycles. The first-order valence-corrected chi connectivity index (χ1v) is 10.6. The predicted molar refractivity (Wildman–Crippen MR) is 95.9 cm³/mol. The molecular formula is C16H17BrN2O2S2. The summed E-state index contributed by atoms with van der Waals surface area (Å²) in [6.45, 7) is 1.23. The summed E-state index contributed by atoms with van der Waals surface area (Å²) in [5, 5.41) is 0.827. The topological polar surface area (TPSA) is 50.3 Å². The third-order valence-corrected chi connectivity index (χ3v) is 7.14. The van der Waals surface area contributed by atoms with E-state index in [2.05, 4.69) is 33.0 Å². The second-order valence-electron chi connectivity index (χ2n) is 5.36. The lowest BCUT2D eigenvalue weighted by molar-refractivity contribution is 0.477. The van der Waals surface area contributed by atoms with Gasteiger partial charge in [-0.05, 0) is 42.7 Å². The maximum atomic E-state index is 12.4. The van der Waals surface area contributed by atoms with Crippen molar-refractivity contribution < 1.29 is 8.42 Å². The number of nitrogens with zero attached hydrogens (tertiary/aromatic N) is 2. The van der Waals surface area contributed by atoms with Crippen molar-refractivity contribution in [3.05, 3.63) is 52.6 Å². The van der Waals surface area contributed by atoms with Gasteiger partial charge in [-0.15, -0.1) is 11.8 Å². The molecule has 122 valence electrons. The minimum absolute atomic E-state index is 0.285. The second kappa shape index (κ2) is 7.34. The van der Waals surface area contributed by atoms with E-state index in [0.717, 1.165) is 28.1 Å². The summed E-state index contributed by atoms with van der Waals surface area (Å²) < 4.78 is 27.5. The number of aromatic nitrogens is 1. The van der Waals surface area contributed by atoms with E-state index < -0.39 is 10.0 Å². The van der Waals surface area contributed by atoms with Gasteiger partial charge < -0.3 is 0 Å². The molecule has 4 nitrogen and oxygen atoms in total. The standard InChI is InChI=1S/C16H17BrN2O2S2/c17-14-5-3-13(4-6-14)12-22-16-8-7-15(11-18-16)23(20,21)19-9-1-2-10-19/h3-8,11H,1-2,9-10,12H2. The summed E-state index contributed by atoms with van der Waals surface area (Å²) in [6.07, 6.45) is 3.35. The van der Waals surface area contributed by atoms with E-state index in [0.29, 0.717) is 13.1 Å². The SMILES string of the molecule is O=S(=O)(c1ccc(SCc2ccc(Br)cc2)nc1)N1CCCC1. The third kappa shape index (κ3) is 4.15. The summed E-state index contributed by atoms with van der Waals surface area (Å²) >= 11 is 5.01. The van der Waals surface area contributed by atoms with Crippen LogP contribution in [0.4, 0.5) is 0 Å². The predicted octanol–water partition coefficient (Wildman–Crippen LogP) is 3.92. The fraction of sp³-hybridized carbons (Fsp3) is 0.312. The second-order valence-corrected chi connectivity index (χ2v) is 9.21. The molecular weight excluding hydrogens is 396 g/mol. The number of hydrogen-bond donors (Lipinski definition) is 0. The molecule has 0 amide bonds. The molecule has 0 bridgehead atoms. The molecule has 0 unspecified atom stereocenters. The van der Waals surface area contributed by atoms with Gasteiger partial charge in [0.1, 0.15) is 4.90 Å². The number of sulfonamides is 1. The van der Waals surface area contributed by atoms with E-state index in [1.54, 1.807) is 28.2 Å². The molecule has 1 saturated heterocycles. The zero-order valence-corrected chi connectivity index (χ0v) is 15.7. The highest BCUT2D eigenvalue weighted by Crippen LogP contribution is 2.25. The fourth-order valence-corrected chi connectivity index (χ4v) is 4.95. The average molecular weight is 413 g/mol. The van der Waals surface area contributed by atoms with Crippen LogP contribution in [0.5, 0.6) is 0 Å². The zero-order chi connectivity index (χ0) is 16.3. The van der Waals surface area contributed by atoms with Crippen LogP contribution in [0.2, 0.25) is 0 Å². The van der Waals surface area contributed by atoms with Crippen LogP contribution < -0.4 is 0 Å². The van der Waals surface area contributed by atoms with Gasteiger partial charge in [0.05, 0.1) is 5.03 Å².